The van der Waals surface area contributed by atoms with Crippen LogP contribution in [0.25, 0.3) is 10.9 Å². The summed E-state index contributed by atoms with van der Waals surface area (Å²) in [6, 6.07) is 7.66. The molecule has 1 aliphatic rings. The monoisotopic (exact) mass is 341 g/mol. The highest BCUT2D eigenvalue weighted by molar-refractivity contribution is 5.77. The van der Waals surface area contributed by atoms with Crippen LogP contribution in [0.1, 0.15) is 63.6 Å². The third kappa shape index (κ3) is 5.15. The molecule has 5 nitrogen and oxygen atoms in total. The second-order valence-corrected chi connectivity index (χ2v) is 6.99. The highest BCUT2D eigenvalue weighted by Gasteiger charge is 2.14. The number of hydrogen-bond acceptors (Lipinski definition) is 3. The van der Waals surface area contributed by atoms with Gasteiger partial charge in [-0.05, 0) is 31.4 Å². The molecule has 2 aromatic rings. The third-order valence-corrected chi connectivity index (χ3v) is 4.95. The lowest BCUT2D eigenvalue weighted by atomic mass is 9.96. The van der Waals surface area contributed by atoms with Crippen molar-refractivity contribution in [2.45, 2.75) is 70.3 Å². The van der Waals surface area contributed by atoms with Crippen molar-refractivity contribution < 1.29 is 4.79 Å². The second-order valence-electron chi connectivity index (χ2n) is 6.99. The minimum Gasteiger partial charge on any atom is -0.353 e. The maximum Gasteiger partial charge on any atom is 0.258 e. The van der Waals surface area contributed by atoms with E-state index in [1.165, 1.54) is 32.1 Å². The van der Waals surface area contributed by atoms with Gasteiger partial charge in [-0.15, -0.1) is 0 Å². The van der Waals surface area contributed by atoms with Gasteiger partial charge in [0.15, 0.2) is 0 Å². The molecular weight excluding hydrogens is 314 g/mol. The number of H-pyrrole nitrogens is 1. The number of aryl methyl sites for hydroxylation is 1. The Morgan fingerprint density at radius 2 is 1.84 bits per heavy atom. The van der Waals surface area contributed by atoms with Crippen LogP contribution in [0.4, 0.5) is 0 Å². The molecule has 2 N–H and O–H groups in total. The van der Waals surface area contributed by atoms with Crippen molar-refractivity contribution in [2.75, 3.05) is 0 Å². The van der Waals surface area contributed by atoms with Crippen molar-refractivity contribution in [1.82, 2.24) is 15.3 Å². The number of hydrogen-bond donors (Lipinski definition) is 2. The van der Waals surface area contributed by atoms with Gasteiger partial charge in [0.05, 0.1) is 10.9 Å². The zero-order valence-corrected chi connectivity index (χ0v) is 14.7. The van der Waals surface area contributed by atoms with E-state index in [9.17, 15) is 9.59 Å². The average molecular weight is 341 g/mol. The van der Waals surface area contributed by atoms with Crippen LogP contribution in [0.5, 0.6) is 0 Å². The van der Waals surface area contributed by atoms with Gasteiger partial charge < -0.3 is 10.3 Å². The molecule has 1 fully saturated rings. The van der Waals surface area contributed by atoms with Crippen LogP contribution in [-0.4, -0.2) is 21.9 Å². The van der Waals surface area contributed by atoms with Crippen molar-refractivity contribution in [3.63, 3.8) is 0 Å². The highest BCUT2D eigenvalue weighted by atomic mass is 16.1. The molecule has 0 atom stereocenters. The van der Waals surface area contributed by atoms with Gasteiger partial charge in [-0.1, -0.05) is 44.2 Å². The fourth-order valence-electron chi connectivity index (χ4n) is 3.57. The molecule has 0 spiro atoms. The van der Waals surface area contributed by atoms with E-state index >= 15 is 0 Å². The molecule has 5 heteroatoms. The topological polar surface area (TPSA) is 74.8 Å². The smallest absolute Gasteiger partial charge is 0.258 e. The van der Waals surface area contributed by atoms with Crippen LogP contribution in [0.2, 0.25) is 0 Å². The summed E-state index contributed by atoms with van der Waals surface area (Å²) in [6.45, 7) is 0. The molecule has 0 bridgehead atoms. The summed E-state index contributed by atoms with van der Waals surface area (Å²) < 4.78 is 0. The Morgan fingerprint density at radius 3 is 2.64 bits per heavy atom. The van der Waals surface area contributed by atoms with Crippen LogP contribution in [-0.2, 0) is 11.2 Å². The van der Waals surface area contributed by atoms with E-state index in [-0.39, 0.29) is 11.5 Å². The number of nitrogens with one attached hydrogen (secondary N) is 2. The predicted molar refractivity (Wildman–Crippen MR) is 99.6 cm³/mol. The van der Waals surface area contributed by atoms with Crippen molar-refractivity contribution in [1.29, 1.82) is 0 Å². The van der Waals surface area contributed by atoms with E-state index in [2.05, 4.69) is 15.3 Å². The number of aromatic amines is 1. The Labute approximate surface area is 148 Å². The first-order valence-electron chi connectivity index (χ1n) is 9.50. The minimum absolute atomic E-state index is 0.112. The number of rotatable bonds is 5. The zero-order valence-electron chi connectivity index (χ0n) is 14.7. The molecule has 0 aliphatic heterocycles. The van der Waals surface area contributed by atoms with Gasteiger partial charge in [-0.2, -0.15) is 0 Å². The Kier molecular flexibility index (Phi) is 6.20. The van der Waals surface area contributed by atoms with Crippen LogP contribution >= 0.6 is 0 Å². The van der Waals surface area contributed by atoms with E-state index in [4.69, 9.17) is 0 Å². The standard InChI is InChI=1S/C20H27N3O2/c24-19(21-15-9-4-2-1-3-5-10-15)14-8-13-18-22-17-12-7-6-11-16(17)20(25)23-18/h6-7,11-12,15H,1-5,8-10,13-14H2,(H,21,24)(H,22,23,25). The quantitative estimate of drug-likeness (QED) is 0.874. The molecular formula is C20H27N3O2. The van der Waals surface area contributed by atoms with Gasteiger partial charge in [0.2, 0.25) is 5.91 Å². The van der Waals surface area contributed by atoms with E-state index < -0.39 is 0 Å². The molecule has 25 heavy (non-hydrogen) atoms. The second kappa shape index (κ2) is 8.79. The van der Waals surface area contributed by atoms with Crippen molar-refractivity contribution >= 4 is 16.8 Å². The molecule has 1 heterocycles. The fourth-order valence-corrected chi connectivity index (χ4v) is 3.57. The van der Waals surface area contributed by atoms with E-state index in [1.54, 1.807) is 6.07 Å². The SMILES string of the molecule is O=C(CCCc1nc2ccccc2c(=O)[nH]1)NC1CCCCCCC1. The number of para-hydroxylation sites is 1. The summed E-state index contributed by atoms with van der Waals surface area (Å²) in [5.41, 5.74) is 0.597. The molecule has 1 saturated carbocycles. The molecule has 1 amide bonds. The first-order chi connectivity index (χ1) is 12.2. The van der Waals surface area contributed by atoms with Gasteiger partial charge in [-0.3, -0.25) is 9.59 Å². The summed E-state index contributed by atoms with van der Waals surface area (Å²) in [6.07, 6.45) is 10.3. The van der Waals surface area contributed by atoms with Gasteiger partial charge in [0.25, 0.3) is 5.56 Å². The lowest BCUT2D eigenvalue weighted by molar-refractivity contribution is -0.122. The maximum atomic E-state index is 12.2. The van der Waals surface area contributed by atoms with Gasteiger partial charge in [0, 0.05) is 18.9 Å². The summed E-state index contributed by atoms with van der Waals surface area (Å²) in [5, 5.41) is 3.79. The lowest BCUT2D eigenvalue weighted by Crippen LogP contribution is -2.35. The van der Waals surface area contributed by atoms with Crippen LogP contribution in [0.15, 0.2) is 29.1 Å². The van der Waals surface area contributed by atoms with Crippen molar-refractivity contribution in [3.05, 3.63) is 40.4 Å². The first-order valence-corrected chi connectivity index (χ1v) is 9.50. The van der Waals surface area contributed by atoms with E-state index in [0.717, 1.165) is 12.8 Å². The molecule has 0 unspecified atom stereocenters. The van der Waals surface area contributed by atoms with Gasteiger partial charge in [-0.25, -0.2) is 4.98 Å². The van der Waals surface area contributed by atoms with Gasteiger partial charge in [0.1, 0.15) is 5.82 Å². The number of benzene rings is 1. The minimum atomic E-state index is -0.112. The maximum absolute atomic E-state index is 12.2. The Hall–Kier alpha value is -2.17. The van der Waals surface area contributed by atoms with Crippen molar-refractivity contribution in [2.24, 2.45) is 0 Å². The van der Waals surface area contributed by atoms with Gasteiger partial charge >= 0.3 is 0 Å². The normalized spacial score (nSPS) is 16.3. The highest BCUT2D eigenvalue weighted by Crippen LogP contribution is 2.17. The summed E-state index contributed by atoms with van der Waals surface area (Å²) in [7, 11) is 0. The molecule has 134 valence electrons. The van der Waals surface area contributed by atoms with Crippen molar-refractivity contribution in [3.8, 4) is 0 Å². The average Bonchev–Trinajstić information content (AvgIpc) is 2.57. The number of carbonyl (C=O) groups is 1. The van der Waals surface area contributed by atoms with E-state index in [1.807, 2.05) is 18.2 Å². The molecule has 1 aliphatic carbocycles. The molecule has 1 aromatic carbocycles. The number of fused-ring (bicyclic) bond motifs is 1. The predicted octanol–water partition coefficient (Wildman–Crippen LogP) is 3.47. The van der Waals surface area contributed by atoms with Crippen LogP contribution < -0.4 is 10.9 Å². The lowest BCUT2D eigenvalue weighted by Gasteiger charge is -2.21. The number of carbonyl (C=O) groups excluding carboxylic acids is 1. The van der Waals surface area contributed by atoms with Crippen LogP contribution in [0, 0.1) is 0 Å². The van der Waals surface area contributed by atoms with E-state index in [0.29, 0.717) is 42.0 Å². The summed E-state index contributed by atoms with van der Waals surface area (Å²) in [4.78, 5) is 31.5. The zero-order chi connectivity index (χ0) is 17.5. The molecule has 1 aromatic heterocycles. The Morgan fingerprint density at radius 1 is 1.12 bits per heavy atom. The third-order valence-electron chi connectivity index (χ3n) is 4.95. The Bertz CT molecular complexity index is 761. The largest absolute Gasteiger partial charge is 0.353 e. The summed E-state index contributed by atoms with van der Waals surface area (Å²) >= 11 is 0. The number of amides is 1. The number of nitrogens with zero attached hydrogens (tertiary/aromatic N) is 1. The number of aromatic nitrogens is 2. The summed E-state index contributed by atoms with van der Waals surface area (Å²) in [5.74, 6) is 0.774. The fraction of sp³-hybridized carbons (Fsp3) is 0.550. The molecule has 0 radical (unpaired) electrons. The molecule has 0 saturated heterocycles. The first kappa shape index (κ1) is 17.6. The Balaban J connectivity index is 1.49. The van der Waals surface area contributed by atoms with Crippen LogP contribution in [0.3, 0.4) is 0 Å². The molecule has 3 rings (SSSR count).